The van der Waals surface area contributed by atoms with Crippen LogP contribution in [0.5, 0.6) is 0 Å². The molecule has 0 radical (unpaired) electrons. The zero-order valence-electron chi connectivity index (χ0n) is 15.4. The van der Waals surface area contributed by atoms with Crippen LogP contribution in [0, 0.1) is 0 Å². The molecule has 142 valence electrons. The second-order valence-electron chi connectivity index (χ2n) is 6.56. The molecular formula is C20H24N4O3. The van der Waals surface area contributed by atoms with Crippen LogP contribution in [0.15, 0.2) is 53.3 Å². The lowest BCUT2D eigenvalue weighted by Gasteiger charge is -2.34. The van der Waals surface area contributed by atoms with E-state index in [-0.39, 0.29) is 18.2 Å². The summed E-state index contributed by atoms with van der Waals surface area (Å²) < 4.78 is 4.79. The minimum Gasteiger partial charge on any atom is -0.364 e. The standard InChI is InChI=1S/C20H24N4O3/c1-23(15-17-9-13-27-22-17)19(25)14-18-20(26)21-10-12-24(18)11-5-8-16-6-3-2-4-7-16/h2-9,13,18H,10-12,14-15H2,1H3,(H,21,26). The first-order chi connectivity index (χ1) is 13.1. The fraction of sp³-hybridized carbons (Fsp3) is 0.350. The van der Waals surface area contributed by atoms with Crippen molar-refractivity contribution in [3.8, 4) is 0 Å². The molecule has 7 heteroatoms. The third-order valence-electron chi connectivity index (χ3n) is 4.58. The Morgan fingerprint density at radius 2 is 2.19 bits per heavy atom. The zero-order chi connectivity index (χ0) is 19.1. The van der Waals surface area contributed by atoms with Crippen molar-refractivity contribution >= 4 is 17.9 Å². The molecule has 0 bridgehead atoms. The minimum atomic E-state index is -0.466. The van der Waals surface area contributed by atoms with Crippen LogP contribution in [0.2, 0.25) is 0 Å². The molecule has 2 aromatic rings. The molecular weight excluding hydrogens is 344 g/mol. The van der Waals surface area contributed by atoms with Gasteiger partial charge in [0.05, 0.1) is 19.0 Å². The van der Waals surface area contributed by atoms with Crippen molar-refractivity contribution in [1.29, 1.82) is 0 Å². The van der Waals surface area contributed by atoms with Crippen molar-refractivity contribution in [3.63, 3.8) is 0 Å². The predicted octanol–water partition coefficient (Wildman–Crippen LogP) is 1.54. The maximum Gasteiger partial charge on any atom is 0.237 e. The van der Waals surface area contributed by atoms with Crippen molar-refractivity contribution in [3.05, 3.63) is 60.0 Å². The van der Waals surface area contributed by atoms with Gasteiger partial charge in [-0.1, -0.05) is 47.6 Å². The Morgan fingerprint density at radius 3 is 2.93 bits per heavy atom. The minimum absolute atomic E-state index is 0.0995. The number of aromatic nitrogens is 1. The molecule has 1 N–H and O–H groups in total. The van der Waals surface area contributed by atoms with E-state index >= 15 is 0 Å². The van der Waals surface area contributed by atoms with Gasteiger partial charge in [0.15, 0.2) is 0 Å². The first kappa shape index (κ1) is 18.8. The number of carbonyl (C=O) groups is 2. The number of amides is 2. The fourth-order valence-electron chi connectivity index (χ4n) is 3.06. The summed E-state index contributed by atoms with van der Waals surface area (Å²) in [5.74, 6) is -0.199. The van der Waals surface area contributed by atoms with Crippen molar-refractivity contribution in [2.75, 3.05) is 26.7 Å². The van der Waals surface area contributed by atoms with E-state index in [0.717, 1.165) is 12.1 Å². The van der Waals surface area contributed by atoms with Crippen LogP contribution in [0.25, 0.3) is 6.08 Å². The van der Waals surface area contributed by atoms with Crippen LogP contribution in [0.1, 0.15) is 17.7 Å². The van der Waals surface area contributed by atoms with Gasteiger partial charge >= 0.3 is 0 Å². The van der Waals surface area contributed by atoms with Gasteiger partial charge in [0, 0.05) is 32.7 Å². The van der Waals surface area contributed by atoms with Gasteiger partial charge in [0.2, 0.25) is 11.8 Å². The molecule has 1 aliphatic heterocycles. The topological polar surface area (TPSA) is 78.7 Å². The first-order valence-corrected chi connectivity index (χ1v) is 9.00. The number of hydrogen-bond acceptors (Lipinski definition) is 5. The highest BCUT2D eigenvalue weighted by Gasteiger charge is 2.31. The van der Waals surface area contributed by atoms with E-state index in [1.165, 1.54) is 6.26 Å². The Balaban J connectivity index is 1.59. The molecule has 1 aromatic carbocycles. The van der Waals surface area contributed by atoms with E-state index < -0.39 is 6.04 Å². The molecule has 1 fully saturated rings. The van der Waals surface area contributed by atoms with Crippen LogP contribution >= 0.6 is 0 Å². The summed E-state index contributed by atoms with van der Waals surface area (Å²) in [4.78, 5) is 28.5. The van der Waals surface area contributed by atoms with Gasteiger partial charge in [-0.15, -0.1) is 0 Å². The van der Waals surface area contributed by atoms with Gasteiger partial charge in [-0.05, 0) is 5.56 Å². The average Bonchev–Trinajstić information content (AvgIpc) is 3.18. The molecule has 2 amide bonds. The number of rotatable bonds is 7. The summed E-state index contributed by atoms with van der Waals surface area (Å²) in [6.45, 7) is 2.29. The van der Waals surface area contributed by atoms with Gasteiger partial charge in [0.25, 0.3) is 0 Å². The molecule has 2 heterocycles. The number of nitrogens with one attached hydrogen (secondary N) is 1. The number of benzene rings is 1. The first-order valence-electron chi connectivity index (χ1n) is 9.00. The van der Waals surface area contributed by atoms with Crippen LogP contribution < -0.4 is 5.32 Å². The summed E-state index contributed by atoms with van der Waals surface area (Å²) in [5.41, 5.74) is 1.79. The molecule has 1 aliphatic rings. The lowest BCUT2D eigenvalue weighted by molar-refractivity contribution is -0.138. The Morgan fingerprint density at radius 1 is 1.37 bits per heavy atom. The Labute approximate surface area is 158 Å². The fourth-order valence-corrected chi connectivity index (χ4v) is 3.06. The normalized spacial score (nSPS) is 17.8. The molecule has 3 rings (SSSR count). The third-order valence-corrected chi connectivity index (χ3v) is 4.58. The SMILES string of the molecule is CN(Cc1ccon1)C(=O)CC1C(=O)NCCN1CC=Cc1ccccc1. The lowest BCUT2D eigenvalue weighted by atomic mass is 10.1. The molecule has 7 nitrogen and oxygen atoms in total. The lowest BCUT2D eigenvalue weighted by Crippen LogP contribution is -2.56. The average molecular weight is 368 g/mol. The van der Waals surface area contributed by atoms with E-state index in [1.807, 2.05) is 47.4 Å². The van der Waals surface area contributed by atoms with E-state index in [4.69, 9.17) is 4.52 Å². The Kier molecular flexibility index (Phi) is 6.38. The molecule has 1 aromatic heterocycles. The van der Waals surface area contributed by atoms with Crippen LogP contribution in [0.3, 0.4) is 0 Å². The second-order valence-corrected chi connectivity index (χ2v) is 6.56. The number of hydrogen-bond donors (Lipinski definition) is 1. The van der Waals surface area contributed by atoms with E-state index in [0.29, 0.717) is 25.3 Å². The Bertz CT molecular complexity index is 774. The number of carbonyl (C=O) groups excluding carboxylic acids is 2. The highest BCUT2D eigenvalue weighted by Crippen LogP contribution is 2.12. The van der Waals surface area contributed by atoms with Crippen molar-refractivity contribution in [1.82, 2.24) is 20.3 Å². The molecule has 0 aliphatic carbocycles. The quantitative estimate of drug-likeness (QED) is 0.802. The van der Waals surface area contributed by atoms with Gasteiger partial charge in [-0.25, -0.2) is 0 Å². The van der Waals surface area contributed by atoms with Gasteiger partial charge in [-0.2, -0.15) is 0 Å². The third kappa shape index (κ3) is 5.27. The van der Waals surface area contributed by atoms with Crippen molar-refractivity contribution < 1.29 is 14.1 Å². The highest BCUT2D eigenvalue weighted by molar-refractivity contribution is 5.88. The molecule has 1 atom stereocenters. The van der Waals surface area contributed by atoms with E-state index in [2.05, 4.69) is 10.5 Å². The van der Waals surface area contributed by atoms with Crippen molar-refractivity contribution in [2.24, 2.45) is 0 Å². The van der Waals surface area contributed by atoms with Crippen LogP contribution in [0.4, 0.5) is 0 Å². The van der Waals surface area contributed by atoms with Gasteiger partial charge in [-0.3, -0.25) is 14.5 Å². The molecule has 1 saturated heterocycles. The number of nitrogens with zero attached hydrogens (tertiary/aromatic N) is 3. The molecule has 1 unspecified atom stereocenters. The summed E-state index contributed by atoms with van der Waals surface area (Å²) >= 11 is 0. The smallest absolute Gasteiger partial charge is 0.237 e. The van der Waals surface area contributed by atoms with Crippen LogP contribution in [-0.4, -0.2) is 59.5 Å². The number of piperazine rings is 1. The summed E-state index contributed by atoms with van der Waals surface area (Å²) in [5, 5.41) is 6.67. The predicted molar refractivity (Wildman–Crippen MR) is 101 cm³/mol. The summed E-state index contributed by atoms with van der Waals surface area (Å²) in [6, 6.07) is 11.3. The Hall–Kier alpha value is -2.93. The zero-order valence-corrected chi connectivity index (χ0v) is 15.4. The van der Waals surface area contributed by atoms with E-state index in [1.54, 1.807) is 18.0 Å². The molecule has 0 spiro atoms. The highest BCUT2D eigenvalue weighted by atomic mass is 16.5. The maximum absolute atomic E-state index is 12.6. The summed E-state index contributed by atoms with van der Waals surface area (Å²) in [7, 11) is 1.71. The van der Waals surface area contributed by atoms with Gasteiger partial charge < -0.3 is 14.7 Å². The van der Waals surface area contributed by atoms with Crippen molar-refractivity contribution in [2.45, 2.75) is 19.0 Å². The molecule has 0 saturated carbocycles. The monoisotopic (exact) mass is 368 g/mol. The largest absolute Gasteiger partial charge is 0.364 e. The van der Waals surface area contributed by atoms with Crippen LogP contribution in [-0.2, 0) is 16.1 Å². The van der Waals surface area contributed by atoms with Gasteiger partial charge in [0.1, 0.15) is 12.0 Å². The molecule has 27 heavy (non-hydrogen) atoms. The maximum atomic E-state index is 12.6. The summed E-state index contributed by atoms with van der Waals surface area (Å²) in [6.07, 6.45) is 5.68. The van der Waals surface area contributed by atoms with E-state index in [9.17, 15) is 9.59 Å². The second kappa shape index (κ2) is 9.14.